The Bertz CT molecular complexity index is 879. The third-order valence-electron chi connectivity index (χ3n) is 2.76. The summed E-state index contributed by atoms with van der Waals surface area (Å²) in [5.41, 5.74) is -0.0484. The highest BCUT2D eigenvalue weighted by atomic mass is 32.2. The van der Waals surface area contributed by atoms with Gasteiger partial charge in [0, 0.05) is 12.1 Å². The summed E-state index contributed by atoms with van der Waals surface area (Å²) in [6, 6.07) is 7.87. The van der Waals surface area contributed by atoms with Crippen molar-refractivity contribution in [3.63, 3.8) is 0 Å². The van der Waals surface area contributed by atoms with E-state index in [0.717, 1.165) is 18.2 Å². The number of hydrogen-bond donors (Lipinski definition) is 2. The van der Waals surface area contributed by atoms with Crippen LogP contribution in [-0.4, -0.2) is 19.5 Å². The highest BCUT2D eigenvalue weighted by molar-refractivity contribution is 7.92. The lowest BCUT2D eigenvalue weighted by Crippen LogP contribution is -2.14. The Kier molecular flexibility index (Phi) is 4.75. The number of carboxylic acid groups (broad SMARTS) is 1. The molecule has 0 aliphatic rings. The minimum absolute atomic E-state index is 0.186. The zero-order valence-electron chi connectivity index (χ0n) is 11.5. The van der Waals surface area contributed by atoms with Gasteiger partial charge in [-0.3, -0.25) is 4.72 Å². The van der Waals surface area contributed by atoms with Crippen LogP contribution in [0.2, 0.25) is 0 Å². The molecule has 0 heterocycles. The standard InChI is InChI=1S/C15H11F2NO4S/c16-11-5-6-14(13(17)9-11)18-23(21,22)12-3-1-2-10(8-12)4-7-15(19)20/h1-9,18H,(H,19,20). The molecular formula is C15H11F2NO4S. The maximum Gasteiger partial charge on any atom is 0.328 e. The van der Waals surface area contributed by atoms with Crippen molar-refractivity contribution in [1.29, 1.82) is 0 Å². The third kappa shape index (κ3) is 4.36. The quantitative estimate of drug-likeness (QED) is 0.821. The van der Waals surface area contributed by atoms with Gasteiger partial charge in [-0.2, -0.15) is 0 Å². The van der Waals surface area contributed by atoms with Gasteiger partial charge in [-0.05, 0) is 35.9 Å². The molecule has 0 atom stereocenters. The molecule has 0 unspecified atom stereocenters. The molecule has 2 aromatic rings. The maximum atomic E-state index is 13.5. The number of anilines is 1. The first-order valence-corrected chi connectivity index (χ1v) is 7.75. The van der Waals surface area contributed by atoms with Crippen LogP contribution in [0.4, 0.5) is 14.5 Å². The Hall–Kier alpha value is -2.74. The molecule has 8 heteroatoms. The molecule has 0 saturated heterocycles. The number of carbonyl (C=O) groups is 1. The molecule has 120 valence electrons. The van der Waals surface area contributed by atoms with Crippen LogP contribution in [0.3, 0.4) is 0 Å². The fourth-order valence-electron chi connectivity index (χ4n) is 1.73. The fraction of sp³-hybridized carbons (Fsp3) is 0. The Morgan fingerprint density at radius 2 is 1.87 bits per heavy atom. The number of nitrogens with one attached hydrogen (secondary N) is 1. The summed E-state index contributed by atoms with van der Waals surface area (Å²) in [6.45, 7) is 0. The maximum absolute atomic E-state index is 13.5. The van der Waals surface area contributed by atoms with Gasteiger partial charge < -0.3 is 5.11 Å². The van der Waals surface area contributed by atoms with Crippen LogP contribution < -0.4 is 4.72 Å². The molecule has 0 bridgehead atoms. The van der Waals surface area contributed by atoms with Gasteiger partial charge >= 0.3 is 5.97 Å². The summed E-state index contributed by atoms with van der Waals surface area (Å²) >= 11 is 0. The lowest BCUT2D eigenvalue weighted by molar-refractivity contribution is -0.131. The second kappa shape index (κ2) is 6.57. The number of carboxylic acids is 1. The lowest BCUT2D eigenvalue weighted by atomic mass is 10.2. The molecule has 0 radical (unpaired) electrons. The van der Waals surface area contributed by atoms with E-state index in [2.05, 4.69) is 0 Å². The summed E-state index contributed by atoms with van der Waals surface area (Å²) in [5.74, 6) is -3.05. The second-order valence-electron chi connectivity index (χ2n) is 4.47. The molecule has 5 nitrogen and oxygen atoms in total. The molecule has 2 aromatic carbocycles. The van der Waals surface area contributed by atoms with E-state index in [-0.39, 0.29) is 4.90 Å². The Balaban J connectivity index is 2.32. The molecule has 0 aliphatic heterocycles. The minimum atomic E-state index is -4.10. The van der Waals surface area contributed by atoms with Gasteiger partial charge in [0.05, 0.1) is 10.6 Å². The van der Waals surface area contributed by atoms with E-state index in [1.54, 1.807) is 0 Å². The van der Waals surface area contributed by atoms with Crippen LogP contribution in [0, 0.1) is 11.6 Å². The largest absolute Gasteiger partial charge is 0.478 e. The average Bonchev–Trinajstić information content (AvgIpc) is 2.48. The van der Waals surface area contributed by atoms with E-state index < -0.39 is 33.3 Å². The molecule has 0 spiro atoms. The summed E-state index contributed by atoms with van der Waals surface area (Å²) in [6.07, 6.45) is 2.08. The van der Waals surface area contributed by atoms with Crippen LogP contribution >= 0.6 is 0 Å². The number of hydrogen-bond acceptors (Lipinski definition) is 3. The number of rotatable bonds is 5. The topological polar surface area (TPSA) is 83.5 Å². The fourth-order valence-corrected chi connectivity index (χ4v) is 2.85. The van der Waals surface area contributed by atoms with Gasteiger partial charge in [-0.1, -0.05) is 12.1 Å². The zero-order valence-corrected chi connectivity index (χ0v) is 12.3. The SMILES string of the molecule is O=C(O)C=Cc1cccc(S(=O)(=O)Nc2ccc(F)cc2F)c1. The predicted octanol–water partition coefficient (Wildman–Crippen LogP) is 2.86. The van der Waals surface area contributed by atoms with Crippen LogP contribution in [0.15, 0.2) is 53.4 Å². The lowest BCUT2D eigenvalue weighted by Gasteiger charge is -2.09. The monoisotopic (exact) mass is 339 g/mol. The molecule has 0 fully saturated rings. The van der Waals surface area contributed by atoms with Gasteiger partial charge in [0.15, 0.2) is 0 Å². The van der Waals surface area contributed by atoms with Gasteiger partial charge in [0.1, 0.15) is 11.6 Å². The van der Waals surface area contributed by atoms with E-state index in [0.29, 0.717) is 11.6 Å². The van der Waals surface area contributed by atoms with Crippen molar-refractivity contribution in [1.82, 2.24) is 0 Å². The summed E-state index contributed by atoms with van der Waals surface area (Å²) in [7, 11) is -4.10. The van der Waals surface area contributed by atoms with E-state index >= 15 is 0 Å². The summed E-state index contributed by atoms with van der Waals surface area (Å²) in [5, 5.41) is 8.56. The second-order valence-corrected chi connectivity index (χ2v) is 6.16. The van der Waals surface area contributed by atoms with Crippen molar-refractivity contribution in [2.75, 3.05) is 4.72 Å². The summed E-state index contributed by atoms with van der Waals surface area (Å²) < 4.78 is 52.8. The zero-order chi connectivity index (χ0) is 17.0. The van der Waals surface area contributed by atoms with Crippen LogP contribution in [0.25, 0.3) is 6.08 Å². The highest BCUT2D eigenvalue weighted by Crippen LogP contribution is 2.20. The van der Waals surface area contributed by atoms with Gasteiger partial charge in [-0.15, -0.1) is 0 Å². The average molecular weight is 339 g/mol. The molecular weight excluding hydrogens is 328 g/mol. The molecule has 23 heavy (non-hydrogen) atoms. The molecule has 0 amide bonds. The van der Waals surface area contributed by atoms with Gasteiger partial charge in [0.2, 0.25) is 0 Å². The van der Waals surface area contributed by atoms with Crippen molar-refractivity contribution >= 4 is 27.8 Å². The first-order valence-electron chi connectivity index (χ1n) is 6.27. The highest BCUT2D eigenvalue weighted by Gasteiger charge is 2.16. The molecule has 2 rings (SSSR count). The number of benzene rings is 2. The van der Waals surface area contributed by atoms with Crippen molar-refractivity contribution in [2.24, 2.45) is 0 Å². The predicted molar refractivity (Wildman–Crippen MR) is 80.3 cm³/mol. The van der Waals surface area contributed by atoms with Crippen molar-refractivity contribution < 1.29 is 27.1 Å². The molecule has 2 N–H and O–H groups in total. The van der Waals surface area contributed by atoms with Crippen LogP contribution in [0.5, 0.6) is 0 Å². The number of halogens is 2. The van der Waals surface area contributed by atoms with E-state index in [9.17, 15) is 22.0 Å². The van der Waals surface area contributed by atoms with E-state index in [1.807, 2.05) is 4.72 Å². The van der Waals surface area contributed by atoms with Gasteiger partial charge in [0.25, 0.3) is 10.0 Å². The third-order valence-corrected chi connectivity index (χ3v) is 4.13. The Morgan fingerprint density at radius 3 is 2.52 bits per heavy atom. The summed E-state index contributed by atoms with van der Waals surface area (Å²) in [4.78, 5) is 10.3. The Labute approximate surface area is 130 Å². The van der Waals surface area contributed by atoms with E-state index in [1.165, 1.54) is 30.3 Å². The first kappa shape index (κ1) is 16.6. The smallest absolute Gasteiger partial charge is 0.328 e. The normalized spacial score (nSPS) is 11.6. The number of sulfonamides is 1. The van der Waals surface area contributed by atoms with Crippen LogP contribution in [-0.2, 0) is 14.8 Å². The van der Waals surface area contributed by atoms with Crippen molar-refractivity contribution in [3.8, 4) is 0 Å². The molecule has 0 aromatic heterocycles. The van der Waals surface area contributed by atoms with Crippen molar-refractivity contribution in [2.45, 2.75) is 4.90 Å². The minimum Gasteiger partial charge on any atom is -0.478 e. The van der Waals surface area contributed by atoms with E-state index in [4.69, 9.17) is 5.11 Å². The number of aliphatic carboxylic acids is 1. The first-order chi connectivity index (χ1) is 10.8. The van der Waals surface area contributed by atoms with Crippen molar-refractivity contribution in [3.05, 3.63) is 65.7 Å². The molecule has 0 saturated carbocycles. The Morgan fingerprint density at radius 1 is 1.13 bits per heavy atom. The molecule has 0 aliphatic carbocycles. The van der Waals surface area contributed by atoms with Crippen LogP contribution in [0.1, 0.15) is 5.56 Å². The van der Waals surface area contributed by atoms with Gasteiger partial charge in [-0.25, -0.2) is 22.0 Å².